The molecule has 0 saturated carbocycles. The maximum absolute atomic E-state index is 9.44. The summed E-state index contributed by atoms with van der Waals surface area (Å²) in [5, 5.41) is 23.9. The van der Waals surface area contributed by atoms with Gasteiger partial charge in [-0.2, -0.15) is 15.6 Å². The molecule has 0 saturated heterocycles. The highest BCUT2D eigenvalue weighted by molar-refractivity contribution is 7.98. The fourth-order valence-corrected chi connectivity index (χ4v) is 3.93. The summed E-state index contributed by atoms with van der Waals surface area (Å²) in [6.07, 6.45) is 1.99. The van der Waals surface area contributed by atoms with E-state index >= 15 is 0 Å². The number of hydrogen-bond acceptors (Lipinski definition) is 6. The van der Waals surface area contributed by atoms with E-state index in [1.807, 2.05) is 77.6 Å². The van der Waals surface area contributed by atoms with Gasteiger partial charge < -0.3 is 5.73 Å². The molecule has 30 heavy (non-hydrogen) atoms. The van der Waals surface area contributed by atoms with E-state index in [2.05, 4.69) is 11.1 Å². The smallest absolute Gasteiger partial charge is 0.142 e. The largest absolute Gasteiger partial charge is 0.383 e. The standard InChI is InChI=1S/C23H16N6S/c24-12-17-11-18(13-25)23(27-22(17)26)30-15-19-14-29(20-9-5-2-6-10-20)28-21(19)16-7-3-1-4-8-16/h1-11,14H,15H2,(H2,26,27). The summed E-state index contributed by atoms with van der Waals surface area (Å²) in [5.74, 6) is 0.673. The fraction of sp³-hybridized carbons (Fsp3) is 0.0435. The van der Waals surface area contributed by atoms with Gasteiger partial charge in [-0.15, -0.1) is 11.8 Å². The average Bonchev–Trinajstić information content (AvgIpc) is 3.23. The minimum atomic E-state index is 0.127. The van der Waals surface area contributed by atoms with Gasteiger partial charge in [0.15, 0.2) is 0 Å². The van der Waals surface area contributed by atoms with E-state index in [9.17, 15) is 5.26 Å². The first kappa shape index (κ1) is 19.3. The summed E-state index contributed by atoms with van der Waals surface area (Å²) >= 11 is 1.40. The third-order valence-electron chi connectivity index (χ3n) is 4.48. The molecule has 2 aromatic carbocycles. The molecule has 0 unspecified atom stereocenters. The molecule has 144 valence electrons. The lowest BCUT2D eigenvalue weighted by molar-refractivity contribution is 0.884. The Balaban J connectivity index is 1.71. The number of hydrogen-bond donors (Lipinski definition) is 1. The zero-order valence-electron chi connectivity index (χ0n) is 15.9. The SMILES string of the molecule is N#Cc1cc(C#N)c(SCc2cn(-c3ccccc3)nc2-c2ccccc2)nc1N. The number of benzene rings is 2. The number of nitriles is 2. The van der Waals surface area contributed by atoms with Gasteiger partial charge in [-0.05, 0) is 18.2 Å². The lowest BCUT2D eigenvalue weighted by Gasteiger charge is -2.06. The van der Waals surface area contributed by atoms with Gasteiger partial charge in [0.1, 0.15) is 23.0 Å². The van der Waals surface area contributed by atoms with Gasteiger partial charge >= 0.3 is 0 Å². The minimum Gasteiger partial charge on any atom is -0.383 e. The molecule has 0 aliphatic carbocycles. The topological polar surface area (TPSA) is 104 Å². The Hall–Kier alpha value is -4.07. The fourth-order valence-electron chi connectivity index (χ4n) is 3.00. The van der Waals surface area contributed by atoms with E-state index < -0.39 is 0 Å². The van der Waals surface area contributed by atoms with Crippen molar-refractivity contribution >= 4 is 17.6 Å². The van der Waals surface area contributed by atoms with Crippen LogP contribution in [0.4, 0.5) is 5.82 Å². The number of pyridine rings is 1. The van der Waals surface area contributed by atoms with Crippen LogP contribution in [-0.4, -0.2) is 14.8 Å². The molecule has 0 bridgehead atoms. The van der Waals surface area contributed by atoms with Crippen LogP contribution in [0.15, 0.2) is 78.0 Å². The zero-order valence-corrected chi connectivity index (χ0v) is 16.7. The van der Waals surface area contributed by atoms with Crippen molar-refractivity contribution in [3.63, 3.8) is 0 Å². The van der Waals surface area contributed by atoms with Crippen molar-refractivity contribution in [3.05, 3.63) is 89.6 Å². The second-order valence-corrected chi connectivity index (χ2v) is 7.40. The highest BCUT2D eigenvalue weighted by atomic mass is 32.2. The van der Waals surface area contributed by atoms with E-state index in [0.717, 1.165) is 22.5 Å². The van der Waals surface area contributed by atoms with Crippen molar-refractivity contribution in [2.24, 2.45) is 0 Å². The summed E-state index contributed by atoms with van der Waals surface area (Å²) in [7, 11) is 0. The lowest BCUT2D eigenvalue weighted by Crippen LogP contribution is -1.99. The van der Waals surface area contributed by atoms with Crippen LogP contribution in [0.3, 0.4) is 0 Å². The molecule has 0 radical (unpaired) electrons. The van der Waals surface area contributed by atoms with Crippen molar-refractivity contribution in [2.45, 2.75) is 10.8 Å². The Morgan fingerprint density at radius 1 is 0.933 bits per heavy atom. The summed E-state index contributed by atoms with van der Waals surface area (Å²) < 4.78 is 1.85. The number of para-hydroxylation sites is 1. The van der Waals surface area contributed by atoms with Crippen molar-refractivity contribution in [1.82, 2.24) is 14.8 Å². The van der Waals surface area contributed by atoms with E-state index in [1.165, 1.54) is 17.8 Å². The second kappa shape index (κ2) is 8.52. The number of anilines is 1. The van der Waals surface area contributed by atoms with Gasteiger partial charge in [-0.3, -0.25) is 0 Å². The van der Waals surface area contributed by atoms with E-state index in [0.29, 0.717) is 16.3 Å². The predicted molar refractivity (Wildman–Crippen MR) is 117 cm³/mol. The number of thioether (sulfide) groups is 1. The Morgan fingerprint density at radius 2 is 1.60 bits per heavy atom. The quantitative estimate of drug-likeness (QED) is 0.486. The zero-order chi connectivity index (χ0) is 20.9. The highest BCUT2D eigenvalue weighted by Gasteiger charge is 2.15. The van der Waals surface area contributed by atoms with Crippen LogP contribution in [-0.2, 0) is 5.75 Å². The van der Waals surface area contributed by atoms with Crippen LogP contribution in [0.5, 0.6) is 0 Å². The first-order valence-electron chi connectivity index (χ1n) is 9.12. The van der Waals surface area contributed by atoms with Crippen LogP contribution in [0.1, 0.15) is 16.7 Å². The second-order valence-electron chi connectivity index (χ2n) is 6.44. The molecule has 0 spiro atoms. The number of nitrogens with two attached hydrogens (primary N) is 1. The third-order valence-corrected chi connectivity index (χ3v) is 5.52. The Kier molecular flexibility index (Phi) is 5.47. The summed E-state index contributed by atoms with van der Waals surface area (Å²) in [5.41, 5.74) is 10.2. The molecule has 0 fully saturated rings. The molecule has 2 aromatic heterocycles. The number of aromatic nitrogens is 3. The van der Waals surface area contributed by atoms with Gasteiger partial charge in [0.05, 0.1) is 22.5 Å². The normalized spacial score (nSPS) is 10.3. The molecule has 0 amide bonds. The average molecular weight is 408 g/mol. The van der Waals surface area contributed by atoms with Crippen LogP contribution in [0, 0.1) is 22.7 Å². The van der Waals surface area contributed by atoms with Gasteiger partial charge in [0.25, 0.3) is 0 Å². The van der Waals surface area contributed by atoms with Gasteiger partial charge in [0.2, 0.25) is 0 Å². The van der Waals surface area contributed by atoms with Crippen LogP contribution < -0.4 is 5.73 Å². The molecule has 6 nitrogen and oxygen atoms in total. The van der Waals surface area contributed by atoms with Gasteiger partial charge in [-0.25, -0.2) is 9.67 Å². The molecule has 4 aromatic rings. The Bertz CT molecular complexity index is 1270. The molecule has 0 aliphatic heterocycles. The maximum atomic E-state index is 9.44. The predicted octanol–water partition coefficient (Wildman–Crippen LogP) is 4.55. The first-order valence-corrected chi connectivity index (χ1v) is 10.1. The summed E-state index contributed by atoms with van der Waals surface area (Å²) in [6.45, 7) is 0. The third kappa shape index (κ3) is 3.88. The summed E-state index contributed by atoms with van der Waals surface area (Å²) in [4.78, 5) is 4.27. The maximum Gasteiger partial charge on any atom is 0.142 e. The minimum absolute atomic E-state index is 0.127. The lowest BCUT2D eigenvalue weighted by atomic mass is 10.1. The summed E-state index contributed by atoms with van der Waals surface area (Å²) in [6, 6.07) is 25.4. The van der Waals surface area contributed by atoms with Crippen molar-refractivity contribution in [2.75, 3.05) is 5.73 Å². The highest BCUT2D eigenvalue weighted by Crippen LogP contribution is 2.31. The van der Waals surface area contributed by atoms with E-state index in [1.54, 1.807) is 0 Å². The van der Waals surface area contributed by atoms with Crippen LogP contribution >= 0.6 is 11.8 Å². The molecule has 0 atom stereocenters. The molecule has 0 aliphatic rings. The van der Waals surface area contributed by atoms with Crippen molar-refractivity contribution < 1.29 is 0 Å². The number of nitrogen functional groups attached to an aromatic ring is 1. The molecular weight excluding hydrogens is 392 g/mol. The van der Waals surface area contributed by atoms with Crippen molar-refractivity contribution in [1.29, 1.82) is 10.5 Å². The van der Waals surface area contributed by atoms with Crippen molar-refractivity contribution in [3.8, 4) is 29.1 Å². The number of rotatable bonds is 5. The van der Waals surface area contributed by atoms with Crippen LogP contribution in [0.2, 0.25) is 0 Å². The molecule has 4 rings (SSSR count). The van der Waals surface area contributed by atoms with Gasteiger partial charge in [-0.1, -0.05) is 48.5 Å². The molecular formula is C23H16N6S. The Labute approximate surface area is 178 Å². The van der Waals surface area contributed by atoms with E-state index in [4.69, 9.17) is 16.1 Å². The van der Waals surface area contributed by atoms with Gasteiger partial charge in [0, 0.05) is 23.1 Å². The molecule has 2 N–H and O–H groups in total. The molecule has 7 heteroatoms. The monoisotopic (exact) mass is 408 g/mol. The Morgan fingerprint density at radius 3 is 2.27 bits per heavy atom. The van der Waals surface area contributed by atoms with Crippen LogP contribution in [0.25, 0.3) is 16.9 Å². The first-order chi connectivity index (χ1) is 14.7. The molecule has 2 heterocycles. The van der Waals surface area contributed by atoms with E-state index in [-0.39, 0.29) is 11.4 Å². The number of nitrogens with zero attached hydrogens (tertiary/aromatic N) is 5.